The van der Waals surface area contributed by atoms with Gasteiger partial charge in [-0.15, -0.1) is 0 Å². The number of hydrogen-bond acceptors (Lipinski definition) is 4. The summed E-state index contributed by atoms with van der Waals surface area (Å²) in [5.41, 5.74) is 2.40. The second kappa shape index (κ2) is 5.99. The molecule has 0 saturated heterocycles. The monoisotopic (exact) mass is 418 g/mol. The van der Waals surface area contributed by atoms with Crippen LogP contribution in [-0.2, 0) is 19.2 Å². The zero-order valence-electron chi connectivity index (χ0n) is 19.7. The number of hydrogen-bond donors (Lipinski definition) is 0. The molecule has 0 aliphatic heterocycles. The minimum atomic E-state index is -0.927. The van der Waals surface area contributed by atoms with Gasteiger partial charge in [0, 0.05) is 27.7 Å². The molecule has 4 heteroatoms. The molecule has 0 fully saturated rings. The van der Waals surface area contributed by atoms with Crippen molar-refractivity contribution in [2.45, 2.75) is 61.8 Å². The molecule has 1 unspecified atom stereocenters. The Kier molecular flexibility index (Phi) is 4.18. The van der Waals surface area contributed by atoms with Crippen LogP contribution in [0.25, 0.3) is 0 Å². The van der Waals surface area contributed by atoms with Crippen LogP contribution in [0.15, 0.2) is 57.2 Å². The fourth-order valence-electron chi connectivity index (χ4n) is 5.52. The van der Waals surface area contributed by atoms with Crippen molar-refractivity contribution >= 4 is 23.1 Å². The highest BCUT2D eigenvalue weighted by Crippen LogP contribution is 2.57. The molecule has 1 atom stereocenters. The molecular formula is C27H30O4. The largest absolute Gasteiger partial charge is 0.294 e. The van der Waals surface area contributed by atoms with Crippen LogP contribution in [0, 0.1) is 22.2 Å². The lowest BCUT2D eigenvalue weighted by Gasteiger charge is -2.28. The lowest BCUT2D eigenvalue weighted by molar-refractivity contribution is -0.123. The first-order valence-electron chi connectivity index (χ1n) is 10.8. The van der Waals surface area contributed by atoms with E-state index in [1.54, 1.807) is 33.8 Å². The molecule has 162 valence electrons. The molecule has 0 N–H and O–H groups in total. The van der Waals surface area contributed by atoms with Crippen molar-refractivity contribution in [3.8, 4) is 0 Å². The van der Waals surface area contributed by atoms with Gasteiger partial charge >= 0.3 is 0 Å². The summed E-state index contributed by atoms with van der Waals surface area (Å²) < 4.78 is 0. The van der Waals surface area contributed by atoms with Gasteiger partial charge in [0.1, 0.15) is 0 Å². The molecule has 0 amide bonds. The lowest BCUT2D eigenvalue weighted by Crippen LogP contribution is -2.31. The first-order valence-corrected chi connectivity index (χ1v) is 10.8. The Labute approximate surface area is 183 Å². The molecular weight excluding hydrogens is 388 g/mol. The zero-order chi connectivity index (χ0) is 23.4. The molecule has 0 saturated carbocycles. The van der Waals surface area contributed by atoms with Gasteiger partial charge in [0.25, 0.3) is 0 Å². The number of allylic oxidation sites excluding steroid dienone is 9. The van der Waals surface area contributed by atoms with Crippen molar-refractivity contribution in [1.29, 1.82) is 0 Å². The van der Waals surface area contributed by atoms with E-state index in [4.69, 9.17) is 0 Å². The molecule has 4 nitrogen and oxygen atoms in total. The van der Waals surface area contributed by atoms with Crippen molar-refractivity contribution in [3.63, 3.8) is 0 Å². The van der Waals surface area contributed by atoms with Gasteiger partial charge in [0.05, 0.1) is 16.7 Å². The average molecular weight is 419 g/mol. The van der Waals surface area contributed by atoms with Crippen molar-refractivity contribution in [1.82, 2.24) is 0 Å². The van der Waals surface area contributed by atoms with Gasteiger partial charge in [-0.05, 0) is 64.7 Å². The average Bonchev–Trinajstić information content (AvgIpc) is 3.19. The highest BCUT2D eigenvalue weighted by atomic mass is 16.1. The Morgan fingerprint density at radius 3 is 1.94 bits per heavy atom. The van der Waals surface area contributed by atoms with Crippen LogP contribution >= 0.6 is 0 Å². The van der Waals surface area contributed by atoms with Gasteiger partial charge in [-0.3, -0.25) is 19.2 Å². The summed E-state index contributed by atoms with van der Waals surface area (Å²) in [6.45, 7) is 18.8. The fourth-order valence-corrected chi connectivity index (χ4v) is 5.52. The van der Waals surface area contributed by atoms with Crippen LogP contribution in [0.2, 0.25) is 0 Å². The fraction of sp³-hybridized carbons (Fsp3) is 0.481. The second-order valence-corrected chi connectivity index (χ2v) is 11.2. The summed E-state index contributed by atoms with van der Waals surface area (Å²) in [5.74, 6) is -0.979. The number of Topliss-reactive ketones (excluding diaryl/α,β-unsaturated/α-hetero) is 4. The highest BCUT2D eigenvalue weighted by Gasteiger charge is 2.57. The number of ketones is 4. The van der Waals surface area contributed by atoms with Crippen LogP contribution in [0.3, 0.4) is 0 Å². The van der Waals surface area contributed by atoms with Crippen LogP contribution in [0.4, 0.5) is 0 Å². The molecule has 0 aromatic heterocycles. The predicted octanol–water partition coefficient (Wildman–Crippen LogP) is 4.81. The normalized spacial score (nSPS) is 29.7. The molecule has 31 heavy (non-hydrogen) atoms. The Morgan fingerprint density at radius 2 is 1.39 bits per heavy atom. The molecule has 0 aromatic carbocycles. The van der Waals surface area contributed by atoms with E-state index in [2.05, 4.69) is 6.58 Å². The minimum absolute atomic E-state index is 0.000988. The van der Waals surface area contributed by atoms with Crippen molar-refractivity contribution in [3.05, 3.63) is 57.2 Å². The van der Waals surface area contributed by atoms with Crippen LogP contribution in [-0.4, -0.2) is 23.1 Å². The van der Waals surface area contributed by atoms with Gasteiger partial charge in [-0.1, -0.05) is 32.1 Å². The summed E-state index contributed by atoms with van der Waals surface area (Å²) in [6.07, 6.45) is 2.21. The van der Waals surface area contributed by atoms with E-state index in [1.165, 1.54) is 0 Å². The molecule has 0 radical (unpaired) electrons. The molecule has 0 bridgehead atoms. The Morgan fingerprint density at radius 1 is 0.839 bits per heavy atom. The smallest absolute Gasteiger partial charge is 0.173 e. The van der Waals surface area contributed by atoms with Gasteiger partial charge in [-0.2, -0.15) is 0 Å². The van der Waals surface area contributed by atoms with E-state index in [1.807, 2.05) is 27.7 Å². The molecule has 0 spiro atoms. The summed E-state index contributed by atoms with van der Waals surface area (Å²) >= 11 is 0. The molecule has 0 aromatic rings. The molecule has 4 aliphatic rings. The number of carbonyl (C=O) groups is 4. The maximum Gasteiger partial charge on any atom is 0.173 e. The third-order valence-corrected chi connectivity index (χ3v) is 7.63. The second-order valence-electron chi connectivity index (χ2n) is 11.2. The van der Waals surface area contributed by atoms with Gasteiger partial charge < -0.3 is 0 Å². The Balaban J connectivity index is 1.91. The first-order chi connectivity index (χ1) is 14.1. The minimum Gasteiger partial charge on any atom is -0.294 e. The van der Waals surface area contributed by atoms with Crippen LogP contribution in [0.5, 0.6) is 0 Å². The first kappa shape index (κ1) is 21.6. The van der Waals surface area contributed by atoms with Gasteiger partial charge in [0.2, 0.25) is 0 Å². The number of rotatable bonds is 1. The summed E-state index contributed by atoms with van der Waals surface area (Å²) in [4.78, 5) is 53.2. The predicted molar refractivity (Wildman–Crippen MR) is 119 cm³/mol. The van der Waals surface area contributed by atoms with Crippen molar-refractivity contribution in [2.24, 2.45) is 22.2 Å². The molecule has 4 rings (SSSR count). The van der Waals surface area contributed by atoms with E-state index in [0.717, 1.165) is 11.1 Å². The summed E-state index contributed by atoms with van der Waals surface area (Å²) in [5, 5.41) is 0. The van der Waals surface area contributed by atoms with E-state index < -0.39 is 22.2 Å². The quantitative estimate of drug-likeness (QED) is 0.613. The maximum absolute atomic E-state index is 13.5. The maximum atomic E-state index is 13.5. The zero-order valence-corrected chi connectivity index (χ0v) is 19.7. The Hall–Kier alpha value is -2.62. The van der Waals surface area contributed by atoms with Gasteiger partial charge in [0.15, 0.2) is 23.1 Å². The van der Waals surface area contributed by atoms with Gasteiger partial charge in [-0.25, -0.2) is 0 Å². The van der Waals surface area contributed by atoms with E-state index in [-0.39, 0.29) is 23.1 Å². The van der Waals surface area contributed by atoms with Crippen LogP contribution in [0.1, 0.15) is 61.8 Å². The highest BCUT2D eigenvalue weighted by molar-refractivity contribution is 6.26. The van der Waals surface area contributed by atoms with Crippen molar-refractivity contribution < 1.29 is 19.2 Å². The SMILES string of the molecule is C=C1C2=C(C(=O)C1(C)C)/C(=C/C1C(=O)C3=C(C(=O)C(C)(C)C3)C1=C(C)C)C(C)(C)C2=O. The summed E-state index contributed by atoms with van der Waals surface area (Å²) in [6, 6.07) is 0. The van der Waals surface area contributed by atoms with E-state index in [0.29, 0.717) is 39.9 Å². The topological polar surface area (TPSA) is 68.3 Å². The third kappa shape index (κ3) is 2.48. The molecule has 4 aliphatic carbocycles. The van der Waals surface area contributed by atoms with Crippen molar-refractivity contribution in [2.75, 3.05) is 0 Å². The van der Waals surface area contributed by atoms with E-state index in [9.17, 15) is 19.2 Å². The van der Waals surface area contributed by atoms with E-state index >= 15 is 0 Å². The Bertz CT molecular complexity index is 1170. The lowest BCUT2D eigenvalue weighted by atomic mass is 9.72. The standard InChI is InChI=1S/C27H30O4/c1-12(2)17-14(21(28)15-11-25(4,5)22(29)19(15)17)10-16-20-18(23(30)27(16,8)9)13(3)26(6,7)24(20)31/h10,14H,3,11H2,1-2,4-9H3/b16-10-. The third-order valence-electron chi connectivity index (χ3n) is 7.63. The summed E-state index contributed by atoms with van der Waals surface area (Å²) in [7, 11) is 0. The molecule has 0 heterocycles. The number of carbonyl (C=O) groups excluding carboxylic acids is 4. The van der Waals surface area contributed by atoms with Crippen LogP contribution < -0.4 is 0 Å².